The first-order valence-corrected chi connectivity index (χ1v) is 8.71. The first-order chi connectivity index (χ1) is 12.0. The summed E-state index contributed by atoms with van der Waals surface area (Å²) in [5, 5.41) is 10.1. The number of carboxylic acids is 1. The second-order valence-electron chi connectivity index (χ2n) is 6.12. The van der Waals surface area contributed by atoms with Gasteiger partial charge in [0.05, 0.1) is 6.10 Å². The minimum atomic E-state index is -1.15. The van der Waals surface area contributed by atoms with E-state index in [1.807, 2.05) is 6.92 Å². The van der Waals surface area contributed by atoms with Gasteiger partial charge in [-0.05, 0) is 50.1 Å². The van der Waals surface area contributed by atoms with Gasteiger partial charge in [-0.25, -0.2) is 13.6 Å². The van der Waals surface area contributed by atoms with E-state index < -0.39 is 17.6 Å². The molecule has 1 atom stereocenters. The molecule has 4 rings (SSSR count). The smallest absolute Gasteiger partial charge is 0.346 e. The highest BCUT2D eigenvalue weighted by Crippen LogP contribution is 2.43. The zero-order valence-corrected chi connectivity index (χ0v) is 14.1. The number of ether oxygens (including phenoxy) is 1. The van der Waals surface area contributed by atoms with Crippen molar-refractivity contribution in [3.8, 4) is 16.9 Å². The molecule has 0 spiro atoms. The van der Waals surface area contributed by atoms with Crippen molar-refractivity contribution in [1.82, 2.24) is 0 Å². The fourth-order valence-electron chi connectivity index (χ4n) is 3.25. The molecule has 3 aromatic rings. The third kappa shape index (κ3) is 2.57. The molecule has 0 saturated carbocycles. The first-order valence-electron chi connectivity index (χ1n) is 7.89. The topological polar surface area (TPSA) is 46.5 Å². The van der Waals surface area contributed by atoms with Crippen LogP contribution in [0.1, 0.15) is 28.6 Å². The number of halogens is 2. The van der Waals surface area contributed by atoms with Crippen LogP contribution in [0.25, 0.3) is 21.2 Å². The Bertz CT molecular complexity index is 1010. The standard InChI is InChI=1S/C19H14F2O3S/c1-9-2-4-11-14(24-9)7-6-13(17(11)21)16-12-5-3-10(20)8-15(12)25-18(16)19(22)23/h3,5-9H,2,4H2,1H3,(H,22,23). The van der Waals surface area contributed by atoms with E-state index in [4.69, 9.17) is 4.74 Å². The number of carboxylic acid groups (broad SMARTS) is 1. The molecule has 0 aliphatic carbocycles. The molecule has 128 valence electrons. The molecule has 0 radical (unpaired) electrons. The summed E-state index contributed by atoms with van der Waals surface area (Å²) in [6.45, 7) is 1.93. The lowest BCUT2D eigenvalue weighted by Crippen LogP contribution is -2.20. The van der Waals surface area contributed by atoms with Crippen LogP contribution in [0.2, 0.25) is 0 Å². The van der Waals surface area contributed by atoms with Crippen molar-refractivity contribution in [2.24, 2.45) is 0 Å². The predicted octanol–water partition coefficient (Wildman–Crippen LogP) is 5.26. The molecule has 2 aromatic carbocycles. The lowest BCUT2D eigenvalue weighted by molar-refractivity contribution is 0.0703. The number of hydrogen-bond acceptors (Lipinski definition) is 3. The number of benzene rings is 2. The molecule has 0 saturated heterocycles. The summed E-state index contributed by atoms with van der Waals surface area (Å²) >= 11 is 0.950. The van der Waals surface area contributed by atoms with Crippen molar-refractivity contribution >= 4 is 27.4 Å². The van der Waals surface area contributed by atoms with Gasteiger partial charge in [0.25, 0.3) is 0 Å². The van der Waals surface area contributed by atoms with Crippen molar-refractivity contribution in [3.63, 3.8) is 0 Å². The van der Waals surface area contributed by atoms with Crippen LogP contribution in [0.15, 0.2) is 30.3 Å². The maximum absolute atomic E-state index is 15.2. The summed E-state index contributed by atoms with van der Waals surface area (Å²) in [7, 11) is 0. The Balaban J connectivity index is 1.99. The summed E-state index contributed by atoms with van der Waals surface area (Å²) in [6.07, 6.45) is 1.27. The van der Waals surface area contributed by atoms with Gasteiger partial charge in [0.2, 0.25) is 0 Å². The molecule has 1 unspecified atom stereocenters. The molecule has 0 fully saturated rings. The number of thiophene rings is 1. The SMILES string of the molecule is CC1CCc2c(ccc(-c3c(C(=O)O)sc4cc(F)ccc34)c2F)O1. The van der Waals surface area contributed by atoms with Gasteiger partial charge in [0, 0.05) is 26.8 Å². The second kappa shape index (κ2) is 5.81. The van der Waals surface area contributed by atoms with Gasteiger partial charge in [-0.1, -0.05) is 0 Å². The molecule has 2 heterocycles. The van der Waals surface area contributed by atoms with E-state index >= 15 is 4.39 Å². The van der Waals surface area contributed by atoms with Crippen LogP contribution in [-0.2, 0) is 6.42 Å². The lowest BCUT2D eigenvalue weighted by atomic mass is 9.94. The molecule has 3 nitrogen and oxygen atoms in total. The summed E-state index contributed by atoms with van der Waals surface area (Å²) in [4.78, 5) is 11.7. The van der Waals surface area contributed by atoms with Gasteiger partial charge < -0.3 is 9.84 Å². The average Bonchev–Trinajstić information content (AvgIpc) is 2.93. The molecule has 0 bridgehead atoms. The fourth-order valence-corrected chi connectivity index (χ4v) is 4.33. The normalized spacial score (nSPS) is 16.5. The molecule has 1 aromatic heterocycles. The molecule has 1 aliphatic heterocycles. The molecule has 25 heavy (non-hydrogen) atoms. The Morgan fingerprint density at radius 3 is 2.84 bits per heavy atom. The van der Waals surface area contributed by atoms with Crippen LogP contribution in [0.5, 0.6) is 5.75 Å². The third-order valence-electron chi connectivity index (χ3n) is 4.44. The zero-order chi connectivity index (χ0) is 17.7. The highest BCUT2D eigenvalue weighted by atomic mass is 32.1. The minimum Gasteiger partial charge on any atom is -0.490 e. The Kier molecular flexibility index (Phi) is 3.72. The van der Waals surface area contributed by atoms with Gasteiger partial charge in [-0.2, -0.15) is 0 Å². The van der Waals surface area contributed by atoms with Crippen LogP contribution in [0.4, 0.5) is 8.78 Å². The highest BCUT2D eigenvalue weighted by Gasteiger charge is 2.26. The van der Waals surface area contributed by atoms with Gasteiger partial charge in [-0.15, -0.1) is 11.3 Å². The van der Waals surface area contributed by atoms with E-state index in [1.54, 1.807) is 12.1 Å². The molecular weight excluding hydrogens is 346 g/mol. The summed E-state index contributed by atoms with van der Waals surface area (Å²) in [6, 6.07) is 7.26. The van der Waals surface area contributed by atoms with Crippen molar-refractivity contribution < 1.29 is 23.4 Å². The van der Waals surface area contributed by atoms with Crippen LogP contribution < -0.4 is 4.74 Å². The van der Waals surface area contributed by atoms with E-state index in [1.165, 1.54) is 18.2 Å². The fraction of sp³-hybridized carbons (Fsp3) is 0.211. The summed E-state index contributed by atoms with van der Waals surface area (Å²) < 4.78 is 34.8. The lowest BCUT2D eigenvalue weighted by Gasteiger charge is -2.24. The van der Waals surface area contributed by atoms with E-state index in [0.29, 0.717) is 39.8 Å². The van der Waals surface area contributed by atoms with Crippen molar-refractivity contribution in [2.75, 3.05) is 0 Å². The maximum Gasteiger partial charge on any atom is 0.346 e. The first kappa shape index (κ1) is 16.0. The van der Waals surface area contributed by atoms with Gasteiger partial charge in [0.1, 0.15) is 22.3 Å². The van der Waals surface area contributed by atoms with Crippen LogP contribution in [0, 0.1) is 11.6 Å². The number of aromatic carboxylic acids is 1. The monoisotopic (exact) mass is 360 g/mol. The highest BCUT2D eigenvalue weighted by molar-refractivity contribution is 7.21. The second-order valence-corrected chi connectivity index (χ2v) is 7.17. The molecular formula is C19H14F2O3S. The summed E-state index contributed by atoms with van der Waals surface area (Å²) in [5.41, 5.74) is 0.979. The molecule has 6 heteroatoms. The molecule has 0 amide bonds. The van der Waals surface area contributed by atoms with Gasteiger partial charge in [-0.3, -0.25) is 0 Å². The van der Waals surface area contributed by atoms with Crippen LogP contribution in [-0.4, -0.2) is 17.2 Å². The Labute approximate surface area is 146 Å². The van der Waals surface area contributed by atoms with Crippen molar-refractivity contribution in [2.45, 2.75) is 25.9 Å². The van der Waals surface area contributed by atoms with Crippen LogP contribution in [0.3, 0.4) is 0 Å². The summed E-state index contributed by atoms with van der Waals surface area (Å²) in [5.74, 6) is -1.57. The van der Waals surface area contributed by atoms with Gasteiger partial charge in [0.15, 0.2) is 0 Å². The largest absolute Gasteiger partial charge is 0.490 e. The van der Waals surface area contributed by atoms with E-state index in [-0.39, 0.29) is 16.5 Å². The third-order valence-corrected chi connectivity index (χ3v) is 5.59. The van der Waals surface area contributed by atoms with Crippen LogP contribution >= 0.6 is 11.3 Å². The average molecular weight is 360 g/mol. The Morgan fingerprint density at radius 1 is 1.28 bits per heavy atom. The van der Waals surface area contributed by atoms with E-state index in [2.05, 4.69) is 0 Å². The minimum absolute atomic E-state index is 0.00421. The van der Waals surface area contributed by atoms with E-state index in [0.717, 1.165) is 11.3 Å². The Morgan fingerprint density at radius 2 is 2.08 bits per heavy atom. The maximum atomic E-state index is 15.2. The molecule has 1 N–H and O–H groups in total. The van der Waals surface area contributed by atoms with E-state index in [9.17, 15) is 14.3 Å². The number of fused-ring (bicyclic) bond motifs is 2. The number of carbonyl (C=O) groups is 1. The van der Waals surface area contributed by atoms with Gasteiger partial charge >= 0.3 is 5.97 Å². The number of hydrogen-bond donors (Lipinski definition) is 1. The number of rotatable bonds is 2. The molecule has 1 aliphatic rings. The Hall–Kier alpha value is -2.47. The van der Waals surface area contributed by atoms with Crippen molar-refractivity contribution in [1.29, 1.82) is 0 Å². The quantitative estimate of drug-likeness (QED) is 0.678. The predicted molar refractivity (Wildman–Crippen MR) is 92.5 cm³/mol. The van der Waals surface area contributed by atoms with Crippen molar-refractivity contribution in [3.05, 3.63) is 52.4 Å². The zero-order valence-electron chi connectivity index (χ0n) is 13.3.